The van der Waals surface area contributed by atoms with Crippen LogP contribution in [-0.4, -0.2) is 105 Å². The van der Waals surface area contributed by atoms with Crippen LogP contribution in [0.4, 0.5) is 4.79 Å². The second-order valence-electron chi connectivity index (χ2n) is 13.0. The van der Waals surface area contributed by atoms with E-state index in [4.69, 9.17) is 18.9 Å². The molecule has 304 valence electrons. The summed E-state index contributed by atoms with van der Waals surface area (Å²) in [5.41, 5.74) is 0.274. The zero-order valence-electron chi connectivity index (χ0n) is 33.3. The number of Topliss-reactive ketones (excluding diaryl/α,β-unsaturated/α-hetero) is 1. The van der Waals surface area contributed by atoms with Crippen molar-refractivity contribution in [3.8, 4) is 0 Å². The molecular weight excluding hydrogens is 801 g/mol. The van der Waals surface area contributed by atoms with E-state index in [0.29, 0.717) is 30.8 Å². The van der Waals surface area contributed by atoms with Gasteiger partial charge in [-0.1, -0.05) is 27.2 Å². The van der Waals surface area contributed by atoms with E-state index in [1.807, 2.05) is 0 Å². The predicted octanol–water partition coefficient (Wildman–Crippen LogP) is -4.33. The van der Waals surface area contributed by atoms with Crippen LogP contribution in [0.2, 0.25) is 0 Å². The van der Waals surface area contributed by atoms with Crippen LogP contribution >= 0.6 is 0 Å². The molecule has 0 aromatic carbocycles. The van der Waals surface area contributed by atoms with Gasteiger partial charge in [0.1, 0.15) is 33.8 Å². The molecule has 16 nitrogen and oxygen atoms in total. The quantitative estimate of drug-likeness (QED) is 0.0272. The smallest absolute Gasteiger partial charge is 0.709 e. The van der Waals surface area contributed by atoms with Gasteiger partial charge < -0.3 is 57.7 Å². The van der Waals surface area contributed by atoms with E-state index < -0.39 is 34.2 Å². The molecule has 0 aromatic heterocycles. The minimum absolute atomic E-state index is 0. The Kier molecular flexibility index (Phi) is 38.5. The third kappa shape index (κ3) is 28.8. The third-order valence-electron chi connectivity index (χ3n) is 8.04. The van der Waals surface area contributed by atoms with Gasteiger partial charge in [-0.2, -0.15) is 0 Å². The standard InChI is InChI=1S/C15H27NO2.C10H20O5.C6H14O8S4.2Na/c1-10(17)6-13-7-15(4,5)8-14(11(13)2)9-16-12(3)18;1-12-7-5-3-4-6-8-14-10(11)15-9-13-2;1-11-3-5(17(9,15)13-7)6(4-12-2)18(10,16)14-8;;/h11,13-14H,6-9H2,1-5H3,(H,16,18);3-9H2,1-2H3;5-8H,3-4H2,1-2H3;;/q;;;2*+1/p-2. The van der Waals surface area contributed by atoms with Crippen LogP contribution in [0, 0.1) is 23.2 Å². The van der Waals surface area contributed by atoms with Crippen LogP contribution in [0.15, 0.2) is 0 Å². The second kappa shape index (κ2) is 33.8. The van der Waals surface area contributed by atoms with Crippen molar-refractivity contribution in [3.05, 3.63) is 0 Å². The summed E-state index contributed by atoms with van der Waals surface area (Å²) in [6, 6.07) is 0. The topological polar surface area (TPSA) is 217 Å². The van der Waals surface area contributed by atoms with E-state index in [-0.39, 0.29) is 96.2 Å². The van der Waals surface area contributed by atoms with Crippen molar-refractivity contribution in [2.45, 2.75) is 90.1 Å². The summed E-state index contributed by atoms with van der Waals surface area (Å²) in [6.07, 6.45) is 6.27. The first-order valence-corrected chi connectivity index (χ1v) is 21.3. The first-order chi connectivity index (χ1) is 23.8. The van der Waals surface area contributed by atoms with Crippen molar-refractivity contribution in [2.75, 3.05) is 68.2 Å². The Morgan fingerprint density at radius 3 is 1.64 bits per heavy atom. The maximum Gasteiger partial charge on any atom is 1.00 e. The van der Waals surface area contributed by atoms with Crippen molar-refractivity contribution >= 4 is 57.8 Å². The molecule has 7 atom stereocenters. The van der Waals surface area contributed by atoms with Gasteiger partial charge >= 0.3 is 65.3 Å². The Bertz CT molecular complexity index is 1160. The van der Waals surface area contributed by atoms with Gasteiger partial charge in [0.05, 0.1) is 19.8 Å². The van der Waals surface area contributed by atoms with Crippen molar-refractivity contribution in [3.63, 3.8) is 0 Å². The van der Waals surface area contributed by atoms with Crippen LogP contribution in [0.1, 0.15) is 79.6 Å². The van der Waals surface area contributed by atoms with Crippen molar-refractivity contribution in [1.82, 2.24) is 5.32 Å². The molecular formula is C31H59NNa2O15S4. The largest absolute Gasteiger partial charge is 1.00 e. The molecule has 0 aliphatic heterocycles. The number of ketones is 1. The molecule has 0 spiro atoms. The number of ether oxygens (including phenoxy) is 6. The molecule has 1 amide bonds. The number of carbonyl (C=O) groups is 3. The van der Waals surface area contributed by atoms with Gasteiger partial charge in [0.25, 0.3) is 0 Å². The zero-order valence-corrected chi connectivity index (χ0v) is 40.6. The van der Waals surface area contributed by atoms with Gasteiger partial charge in [0, 0.05) is 77.3 Å². The van der Waals surface area contributed by atoms with Crippen LogP contribution in [0.25, 0.3) is 0 Å². The summed E-state index contributed by atoms with van der Waals surface area (Å²) in [6.45, 7) is 11.2. The van der Waals surface area contributed by atoms with E-state index >= 15 is 0 Å². The average molecular weight is 860 g/mol. The fourth-order valence-electron chi connectivity index (χ4n) is 5.61. The zero-order chi connectivity index (χ0) is 39.7. The number of amides is 1. The summed E-state index contributed by atoms with van der Waals surface area (Å²) in [5, 5.41) is 20.9. The number of hydrogen-bond donors (Lipinski definition) is 1. The maximum absolute atomic E-state index is 11.7. The fourth-order valence-corrected chi connectivity index (χ4v) is 9.75. The molecule has 1 fully saturated rings. The minimum Gasteiger partial charge on any atom is -0.709 e. The maximum atomic E-state index is 11.7. The van der Waals surface area contributed by atoms with Crippen LogP contribution in [0.5, 0.6) is 0 Å². The molecule has 1 N–H and O–H groups in total. The summed E-state index contributed by atoms with van der Waals surface area (Å²) < 4.78 is 58.6. The Morgan fingerprint density at radius 1 is 0.774 bits per heavy atom. The van der Waals surface area contributed by atoms with Crippen molar-refractivity contribution in [2.24, 2.45) is 23.2 Å². The Morgan fingerprint density at radius 2 is 1.25 bits per heavy atom. The van der Waals surface area contributed by atoms with Gasteiger partial charge in [-0.15, -0.1) is 0 Å². The molecule has 1 aliphatic carbocycles. The van der Waals surface area contributed by atoms with E-state index in [2.05, 4.69) is 66.6 Å². The summed E-state index contributed by atoms with van der Waals surface area (Å²) in [5.74, 6) is 1.78. The summed E-state index contributed by atoms with van der Waals surface area (Å²) in [7, 11) is -2.06. The van der Waals surface area contributed by atoms with Crippen LogP contribution in [0.3, 0.4) is 0 Å². The molecule has 22 heteroatoms. The fraction of sp³-hybridized carbons (Fsp3) is 0.903. The molecule has 53 heavy (non-hydrogen) atoms. The molecule has 0 heterocycles. The minimum atomic E-state index is -3.83. The SMILES string of the molecule is CC(=O)CC1CC(C)(C)CC(CNC(C)=O)C1C.COCC(C(COC)S(=O)(=S)O[O-])S(=O)(=S)O[O-].COCCCCCCOC(=O)OCOC.[Na+].[Na+]. The first-order valence-electron chi connectivity index (χ1n) is 16.4. The monoisotopic (exact) mass is 859 g/mol. The molecule has 0 radical (unpaired) electrons. The van der Waals surface area contributed by atoms with Gasteiger partial charge in [-0.25, -0.2) is 13.2 Å². The second-order valence-corrected chi connectivity index (χ2v) is 19.2. The van der Waals surface area contributed by atoms with E-state index in [1.54, 1.807) is 21.0 Å². The van der Waals surface area contributed by atoms with E-state index in [9.17, 15) is 33.3 Å². The van der Waals surface area contributed by atoms with Crippen molar-refractivity contribution in [1.29, 1.82) is 0 Å². The number of hydrogen-bond acceptors (Lipinski definition) is 17. The first kappa shape index (κ1) is 60.5. The van der Waals surface area contributed by atoms with Gasteiger partial charge in [-0.05, 0) is 62.2 Å². The van der Waals surface area contributed by atoms with Gasteiger partial charge in [0.15, 0.2) is 6.79 Å². The number of methoxy groups -OCH3 is 4. The normalized spacial score (nSPS) is 20.7. The Hall–Kier alpha value is 0.830. The predicted molar refractivity (Wildman–Crippen MR) is 192 cm³/mol. The van der Waals surface area contributed by atoms with E-state index in [0.717, 1.165) is 51.7 Å². The Balaban J connectivity index is -0.000000335. The third-order valence-corrected chi connectivity index (χ3v) is 12.8. The summed E-state index contributed by atoms with van der Waals surface area (Å²) >= 11 is 8.93. The number of rotatable bonds is 22. The van der Waals surface area contributed by atoms with Gasteiger partial charge in [0.2, 0.25) is 5.91 Å². The number of unbranched alkanes of at least 4 members (excludes halogenated alkanes) is 3. The van der Waals surface area contributed by atoms with Crippen molar-refractivity contribution < 1.29 is 130 Å². The summed E-state index contributed by atoms with van der Waals surface area (Å²) in [4.78, 5) is 33.2. The van der Waals surface area contributed by atoms with Crippen LogP contribution < -0.4 is 74.9 Å². The Labute approximate surface area is 370 Å². The molecule has 0 bridgehead atoms. The van der Waals surface area contributed by atoms with Gasteiger partial charge in [-0.3, -0.25) is 4.79 Å². The molecule has 7 unspecified atom stereocenters. The number of nitrogens with one attached hydrogen (secondary N) is 1. The molecule has 0 aromatic rings. The molecule has 1 aliphatic rings. The van der Waals surface area contributed by atoms with E-state index in [1.165, 1.54) is 21.3 Å². The number of carbonyl (C=O) groups excluding carboxylic acids is 3. The molecule has 1 rings (SSSR count). The average Bonchev–Trinajstić information content (AvgIpc) is 3.05. The molecule has 1 saturated carbocycles. The van der Waals surface area contributed by atoms with Crippen LogP contribution in [-0.2, 0) is 86.6 Å². The molecule has 0 saturated heterocycles.